The van der Waals surface area contributed by atoms with Crippen LogP contribution in [0.15, 0.2) is 9.68 Å². The number of hydrogen-bond donors (Lipinski definition) is 1. The average molecular weight is 398 g/mol. The van der Waals surface area contributed by atoms with Crippen LogP contribution in [0.1, 0.15) is 60.2 Å². The largest absolute Gasteiger partial charge is 0.444 e. The zero-order valence-corrected chi connectivity index (χ0v) is 17.6. The van der Waals surface area contributed by atoms with Gasteiger partial charge in [-0.3, -0.25) is 0 Å². The molecule has 27 heavy (non-hydrogen) atoms. The molecule has 2 aromatic heterocycles. The fraction of sp³-hybridized carbons (Fsp3) is 0.750. The highest BCUT2D eigenvalue weighted by Crippen LogP contribution is 2.23. The summed E-state index contributed by atoms with van der Waals surface area (Å²) in [6, 6.07) is 0. The third-order valence-corrected chi connectivity index (χ3v) is 4.14. The third-order valence-electron chi connectivity index (χ3n) is 3.20. The molecule has 11 heteroatoms. The molecule has 2 rings (SSSR count). The Morgan fingerprint density at radius 1 is 1.30 bits per heavy atom. The van der Waals surface area contributed by atoms with Crippen LogP contribution in [0.25, 0.3) is 0 Å². The smallest absolute Gasteiger partial charge is 0.408 e. The number of thioether (sulfide) groups is 1. The summed E-state index contributed by atoms with van der Waals surface area (Å²) in [6.07, 6.45) is -0.541. The third kappa shape index (κ3) is 6.49. The molecule has 1 amide bonds. The molecule has 1 N–H and O–H groups in total. The fourth-order valence-corrected chi connectivity index (χ4v) is 2.79. The molecule has 0 aromatic carbocycles. The van der Waals surface area contributed by atoms with E-state index in [-0.39, 0.29) is 0 Å². The molecule has 0 aliphatic heterocycles. The van der Waals surface area contributed by atoms with E-state index in [0.717, 1.165) is 6.54 Å². The zero-order valence-electron chi connectivity index (χ0n) is 16.8. The van der Waals surface area contributed by atoms with Gasteiger partial charge in [0.25, 0.3) is 0 Å². The molecule has 150 valence electrons. The first kappa shape index (κ1) is 21.1. The summed E-state index contributed by atoms with van der Waals surface area (Å²) in [5, 5.41) is 19.1. The maximum Gasteiger partial charge on any atom is 0.408 e. The van der Waals surface area contributed by atoms with Gasteiger partial charge in [0.1, 0.15) is 11.1 Å². The first-order valence-electron chi connectivity index (χ1n) is 8.69. The van der Waals surface area contributed by atoms with Crippen LogP contribution in [0.2, 0.25) is 0 Å². The Labute approximate surface area is 162 Å². The van der Waals surface area contributed by atoms with Gasteiger partial charge in [-0.25, -0.2) is 9.48 Å². The highest BCUT2D eigenvalue weighted by Gasteiger charge is 2.31. The van der Waals surface area contributed by atoms with Crippen molar-refractivity contribution in [3.05, 3.63) is 11.7 Å². The molecule has 2 aromatic rings. The number of nitrogens with one attached hydrogen (secondary N) is 1. The Morgan fingerprint density at radius 2 is 2.00 bits per heavy atom. The molecule has 2 heterocycles. The van der Waals surface area contributed by atoms with Crippen molar-refractivity contribution in [3.8, 4) is 0 Å². The number of rotatable bonds is 7. The predicted octanol–water partition coefficient (Wildman–Crippen LogP) is 2.76. The van der Waals surface area contributed by atoms with Gasteiger partial charge in [0.2, 0.25) is 11.0 Å². The number of alkyl carbamates (subject to hydrolysis) is 1. The lowest BCUT2D eigenvalue weighted by Gasteiger charge is -2.26. The Bertz CT molecular complexity index is 764. The molecule has 0 spiro atoms. The quantitative estimate of drug-likeness (QED) is 0.703. The summed E-state index contributed by atoms with van der Waals surface area (Å²) in [7, 11) is 0. The van der Waals surface area contributed by atoms with Gasteiger partial charge in [-0.2, -0.15) is 4.98 Å². The van der Waals surface area contributed by atoms with Gasteiger partial charge in [0, 0.05) is 6.54 Å². The van der Waals surface area contributed by atoms with E-state index < -0.39 is 17.2 Å². The molecule has 0 unspecified atom stereocenters. The van der Waals surface area contributed by atoms with Gasteiger partial charge in [-0.05, 0) is 51.0 Å². The molecule has 0 saturated heterocycles. The molecule has 0 bridgehead atoms. The minimum Gasteiger partial charge on any atom is -0.444 e. The van der Waals surface area contributed by atoms with Gasteiger partial charge in [-0.15, -0.1) is 5.10 Å². The van der Waals surface area contributed by atoms with Crippen LogP contribution in [0, 0.1) is 5.92 Å². The lowest BCUT2D eigenvalue weighted by molar-refractivity contribution is 0.0465. The van der Waals surface area contributed by atoms with E-state index in [1.807, 2.05) is 0 Å². The van der Waals surface area contributed by atoms with Crippen LogP contribution in [-0.4, -0.2) is 42.0 Å². The average Bonchev–Trinajstić information content (AvgIpc) is 3.11. The van der Waals surface area contributed by atoms with Crippen LogP contribution in [0.3, 0.4) is 0 Å². The number of hydrogen-bond acceptors (Lipinski definition) is 9. The van der Waals surface area contributed by atoms with E-state index in [1.54, 1.807) is 39.3 Å². The highest BCUT2D eigenvalue weighted by atomic mass is 32.2. The van der Waals surface area contributed by atoms with Gasteiger partial charge < -0.3 is 14.6 Å². The normalized spacial score (nSPS) is 12.4. The van der Waals surface area contributed by atoms with Crippen molar-refractivity contribution in [3.63, 3.8) is 0 Å². The van der Waals surface area contributed by atoms with Crippen molar-refractivity contribution in [1.82, 2.24) is 35.7 Å². The number of carbonyl (C=O) groups is 1. The molecule has 0 fully saturated rings. The monoisotopic (exact) mass is 397 g/mol. The van der Waals surface area contributed by atoms with Gasteiger partial charge in [0.15, 0.2) is 5.82 Å². The number of tetrazole rings is 1. The van der Waals surface area contributed by atoms with Crippen LogP contribution in [0.5, 0.6) is 0 Å². The molecule has 0 atom stereocenters. The van der Waals surface area contributed by atoms with Crippen molar-refractivity contribution in [2.45, 2.75) is 77.1 Å². The SMILES string of the molecule is CC(C)Cn1nnnc1SCc1nc(C(C)(C)NC(=O)OC(C)(C)C)no1. The van der Waals surface area contributed by atoms with E-state index in [9.17, 15) is 4.79 Å². The summed E-state index contributed by atoms with van der Waals surface area (Å²) in [4.78, 5) is 16.4. The van der Waals surface area contributed by atoms with Crippen molar-refractivity contribution < 1.29 is 14.1 Å². The van der Waals surface area contributed by atoms with Gasteiger partial charge in [-0.1, -0.05) is 30.8 Å². The van der Waals surface area contributed by atoms with Crippen molar-refractivity contribution in [1.29, 1.82) is 0 Å². The second kappa shape index (κ2) is 8.24. The molecule has 0 aliphatic carbocycles. The summed E-state index contributed by atoms with van der Waals surface area (Å²) in [5.41, 5.74) is -1.42. The van der Waals surface area contributed by atoms with E-state index in [1.165, 1.54) is 11.8 Å². The van der Waals surface area contributed by atoms with Crippen LogP contribution in [0.4, 0.5) is 4.79 Å². The Morgan fingerprint density at radius 3 is 2.63 bits per heavy atom. The predicted molar refractivity (Wildman–Crippen MR) is 98.9 cm³/mol. The Hall–Kier alpha value is -2.17. The molecular weight excluding hydrogens is 370 g/mol. The summed E-state index contributed by atoms with van der Waals surface area (Å²) < 4.78 is 12.3. The van der Waals surface area contributed by atoms with Crippen LogP contribution in [-0.2, 0) is 22.6 Å². The van der Waals surface area contributed by atoms with E-state index in [0.29, 0.717) is 28.5 Å². The van der Waals surface area contributed by atoms with Gasteiger partial charge >= 0.3 is 6.09 Å². The lowest BCUT2D eigenvalue weighted by Crippen LogP contribution is -2.44. The fourth-order valence-electron chi connectivity index (χ4n) is 2.07. The summed E-state index contributed by atoms with van der Waals surface area (Å²) in [6.45, 7) is 13.9. The standard InChI is InChI=1S/C16H27N7O3S/c1-10(2)8-23-13(19-21-22-23)27-9-11-17-12(20-26-11)16(6,7)18-14(24)25-15(3,4)5/h10H,8-9H2,1-7H3,(H,18,24). The maximum absolute atomic E-state index is 12.0. The number of ether oxygens (including phenoxy) is 1. The van der Waals surface area contributed by atoms with Crippen molar-refractivity contribution in [2.75, 3.05) is 0 Å². The van der Waals surface area contributed by atoms with E-state index in [4.69, 9.17) is 9.26 Å². The van der Waals surface area contributed by atoms with Crippen molar-refractivity contribution >= 4 is 17.9 Å². The molecular formula is C16H27N7O3S. The number of amides is 1. The second-order valence-electron chi connectivity index (χ2n) is 8.09. The van der Waals surface area contributed by atoms with Crippen LogP contribution >= 0.6 is 11.8 Å². The van der Waals surface area contributed by atoms with E-state index in [2.05, 4.69) is 44.8 Å². The molecule has 0 aliphatic rings. The first-order chi connectivity index (χ1) is 12.5. The second-order valence-corrected chi connectivity index (χ2v) is 9.03. The molecule has 0 radical (unpaired) electrons. The zero-order chi connectivity index (χ0) is 20.2. The number of aromatic nitrogens is 6. The van der Waals surface area contributed by atoms with E-state index >= 15 is 0 Å². The molecule has 10 nitrogen and oxygen atoms in total. The lowest BCUT2D eigenvalue weighted by atomic mass is 10.1. The van der Waals surface area contributed by atoms with Crippen molar-refractivity contribution in [2.24, 2.45) is 5.92 Å². The summed E-state index contributed by atoms with van der Waals surface area (Å²) in [5.74, 6) is 1.65. The maximum atomic E-state index is 12.0. The highest BCUT2D eigenvalue weighted by molar-refractivity contribution is 7.98. The molecule has 0 saturated carbocycles. The summed E-state index contributed by atoms with van der Waals surface area (Å²) >= 11 is 1.41. The topological polar surface area (TPSA) is 121 Å². The number of carbonyl (C=O) groups excluding carboxylic acids is 1. The first-order valence-corrected chi connectivity index (χ1v) is 9.68. The minimum absolute atomic E-state index is 0.366. The Kier molecular flexibility index (Phi) is 6.45. The van der Waals surface area contributed by atoms with Gasteiger partial charge in [0.05, 0.1) is 5.75 Å². The minimum atomic E-state index is -0.839. The van der Waals surface area contributed by atoms with Crippen LogP contribution < -0.4 is 5.32 Å². The Balaban J connectivity index is 1.97. The number of nitrogens with zero attached hydrogens (tertiary/aromatic N) is 6.